The molecule has 1 heterocycles. The summed E-state index contributed by atoms with van der Waals surface area (Å²) < 4.78 is 1.88. The molecule has 0 bridgehead atoms. The van der Waals surface area contributed by atoms with Crippen LogP contribution in [0.4, 0.5) is 5.95 Å². The van der Waals surface area contributed by atoms with Crippen molar-refractivity contribution in [1.29, 1.82) is 0 Å². The van der Waals surface area contributed by atoms with Crippen molar-refractivity contribution < 1.29 is 4.79 Å². The minimum Gasteiger partial charge on any atom is -0.295 e. The second-order valence-electron chi connectivity index (χ2n) is 4.33. The molecule has 0 saturated heterocycles. The Hall–Kier alpha value is -1.53. The van der Waals surface area contributed by atoms with Gasteiger partial charge < -0.3 is 0 Å². The van der Waals surface area contributed by atoms with E-state index in [1.165, 1.54) is 0 Å². The lowest BCUT2D eigenvalue weighted by atomic mass is 10.2. The van der Waals surface area contributed by atoms with E-state index >= 15 is 0 Å². The molecule has 0 atom stereocenters. The van der Waals surface area contributed by atoms with Crippen LogP contribution in [0.3, 0.4) is 0 Å². The molecule has 5 nitrogen and oxygen atoms in total. The van der Waals surface area contributed by atoms with Crippen LogP contribution in [0, 0.1) is 0 Å². The maximum Gasteiger partial charge on any atom is 0.231 e. The molecule has 112 valence electrons. The molecular formula is C14H17ClN4OS. The lowest BCUT2D eigenvalue weighted by Crippen LogP contribution is -2.14. The van der Waals surface area contributed by atoms with Crippen LogP contribution in [0.1, 0.15) is 25.8 Å². The first kappa shape index (κ1) is 15.9. The monoisotopic (exact) mass is 324 g/mol. The molecule has 1 N–H and O–H groups in total. The number of rotatable bonds is 6. The Bertz CT molecular complexity index is 629. The molecule has 0 spiro atoms. The molecule has 7 heteroatoms. The maximum absolute atomic E-state index is 11.5. The van der Waals surface area contributed by atoms with Gasteiger partial charge in [-0.2, -0.15) is 0 Å². The standard InChI is InChI=1S/C14H17ClN4OS/c1-3-12(20)16-13-17-18-14(19(13)4-2)21-9-10-7-5-6-8-11(10)15/h5-8H,3-4,9H2,1-2H3,(H,16,17,20). The Morgan fingerprint density at radius 1 is 1.33 bits per heavy atom. The summed E-state index contributed by atoms with van der Waals surface area (Å²) in [5.41, 5.74) is 1.05. The van der Waals surface area contributed by atoms with Crippen molar-refractivity contribution in [1.82, 2.24) is 14.8 Å². The van der Waals surface area contributed by atoms with Gasteiger partial charge in [-0.15, -0.1) is 10.2 Å². The van der Waals surface area contributed by atoms with Crippen molar-refractivity contribution in [3.8, 4) is 0 Å². The molecule has 1 aromatic carbocycles. The van der Waals surface area contributed by atoms with Gasteiger partial charge in [-0.1, -0.05) is 48.5 Å². The van der Waals surface area contributed by atoms with Crippen LogP contribution in [-0.2, 0) is 17.1 Å². The first-order valence-electron chi connectivity index (χ1n) is 6.75. The molecule has 1 amide bonds. The zero-order valence-corrected chi connectivity index (χ0v) is 13.5. The van der Waals surface area contributed by atoms with E-state index in [-0.39, 0.29) is 5.91 Å². The van der Waals surface area contributed by atoms with E-state index in [1.807, 2.05) is 35.8 Å². The predicted octanol–water partition coefficient (Wildman–Crippen LogP) is 3.59. The molecule has 21 heavy (non-hydrogen) atoms. The van der Waals surface area contributed by atoms with Crippen LogP contribution in [0.2, 0.25) is 5.02 Å². The molecule has 0 aliphatic carbocycles. The number of aromatic nitrogens is 3. The number of thioether (sulfide) groups is 1. The number of hydrogen-bond donors (Lipinski definition) is 1. The summed E-state index contributed by atoms with van der Waals surface area (Å²) in [6.07, 6.45) is 0.415. The molecular weight excluding hydrogens is 308 g/mol. The number of hydrogen-bond acceptors (Lipinski definition) is 4. The average molecular weight is 325 g/mol. The third-order valence-electron chi connectivity index (χ3n) is 2.92. The van der Waals surface area contributed by atoms with E-state index in [1.54, 1.807) is 18.7 Å². The molecule has 0 unspecified atom stereocenters. The van der Waals surface area contributed by atoms with Crippen LogP contribution in [0.5, 0.6) is 0 Å². The Balaban J connectivity index is 2.10. The first-order valence-corrected chi connectivity index (χ1v) is 8.11. The SMILES string of the molecule is CCC(=O)Nc1nnc(SCc2ccccc2Cl)n1CC. The highest BCUT2D eigenvalue weighted by atomic mass is 35.5. The molecule has 1 aromatic heterocycles. The van der Waals surface area contributed by atoms with Crippen molar-refractivity contribution >= 4 is 35.2 Å². The minimum absolute atomic E-state index is 0.0697. The van der Waals surface area contributed by atoms with Crippen molar-refractivity contribution in [2.24, 2.45) is 0 Å². The second kappa shape index (κ2) is 7.47. The molecule has 2 aromatic rings. The third-order valence-corrected chi connectivity index (χ3v) is 4.30. The number of carbonyl (C=O) groups excluding carboxylic acids is 1. The average Bonchev–Trinajstić information content (AvgIpc) is 2.88. The summed E-state index contributed by atoms with van der Waals surface area (Å²) in [5.74, 6) is 1.13. The van der Waals surface area contributed by atoms with Gasteiger partial charge in [-0.3, -0.25) is 14.7 Å². The van der Waals surface area contributed by atoms with Gasteiger partial charge in [0.1, 0.15) is 0 Å². The van der Waals surface area contributed by atoms with Crippen LogP contribution in [-0.4, -0.2) is 20.7 Å². The van der Waals surface area contributed by atoms with Gasteiger partial charge in [0.05, 0.1) is 0 Å². The van der Waals surface area contributed by atoms with Crippen LogP contribution < -0.4 is 5.32 Å². The van der Waals surface area contributed by atoms with Gasteiger partial charge in [0.2, 0.25) is 11.9 Å². The number of anilines is 1. The number of halogens is 1. The van der Waals surface area contributed by atoms with E-state index in [2.05, 4.69) is 15.5 Å². The molecule has 0 radical (unpaired) electrons. The highest BCUT2D eigenvalue weighted by Crippen LogP contribution is 2.26. The fourth-order valence-electron chi connectivity index (χ4n) is 1.74. The van der Waals surface area contributed by atoms with Crippen molar-refractivity contribution in [2.75, 3.05) is 5.32 Å². The Morgan fingerprint density at radius 3 is 2.76 bits per heavy atom. The van der Waals surface area contributed by atoms with Gasteiger partial charge in [0.15, 0.2) is 5.16 Å². The summed E-state index contributed by atoms with van der Waals surface area (Å²) in [5, 5.41) is 12.4. The first-order chi connectivity index (χ1) is 10.2. The third kappa shape index (κ3) is 3.98. The van der Waals surface area contributed by atoms with Crippen molar-refractivity contribution in [3.05, 3.63) is 34.9 Å². The Labute approximate surface area is 133 Å². The summed E-state index contributed by atoms with van der Waals surface area (Å²) in [7, 11) is 0. The molecule has 0 aliphatic rings. The zero-order chi connectivity index (χ0) is 15.2. The van der Waals surface area contributed by atoms with E-state index in [0.29, 0.717) is 24.7 Å². The van der Waals surface area contributed by atoms with E-state index in [9.17, 15) is 4.79 Å². The van der Waals surface area contributed by atoms with Crippen LogP contribution in [0.15, 0.2) is 29.4 Å². The lowest BCUT2D eigenvalue weighted by Gasteiger charge is -2.08. The van der Waals surface area contributed by atoms with E-state index in [4.69, 9.17) is 11.6 Å². The van der Waals surface area contributed by atoms with Crippen LogP contribution >= 0.6 is 23.4 Å². The van der Waals surface area contributed by atoms with Gasteiger partial charge in [0.25, 0.3) is 0 Å². The number of nitrogens with zero attached hydrogens (tertiary/aromatic N) is 3. The number of benzene rings is 1. The van der Waals surface area contributed by atoms with Gasteiger partial charge in [-0.25, -0.2) is 0 Å². The molecule has 0 aliphatic heterocycles. The maximum atomic E-state index is 11.5. The lowest BCUT2D eigenvalue weighted by molar-refractivity contribution is -0.115. The Morgan fingerprint density at radius 2 is 2.10 bits per heavy atom. The van der Waals surface area contributed by atoms with Crippen molar-refractivity contribution in [2.45, 2.75) is 37.7 Å². The number of amides is 1. The predicted molar refractivity (Wildman–Crippen MR) is 85.6 cm³/mol. The van der Waals surface area contributed by atoms with E-state index in [0.717, 1.165) is 15.7 Å². The van der Waals surface area contributed by atoms with Gasteiger partial charge in [-0.05, 0) is 18.6 Å². The number of carbonyl (C=O) groups is 1. The highest BCUT2D eigenvalue weighted by Gasteiger charge is 2.13. The Kier molecular flexibility index (Phi) is 5.64. The molecule has 0 saturated carbocycles. The summed E-state index contributed by atoms with van der Waals surface area (Å²) in [4.78, 5) is 11.5. The number of nitrogens with one attached hydrogen (secondary N) is 1. The fourth-order valence-corrected chi connectivity index (χ4v) is 3.03. The van der Waals surface area contributed by atoms with Gasteiger partial charge >= 0.3 is 0 Å². The topological polar surface area (TPSA) is 59.8 Å². The fraction of sp³-hybridized carbons (Fsp3) is 0.357. The summed E-state index contributed by atoms with van der Waals surface area (Å²) in [6.45, 7) is 4.48. The normalized spacial score (nSPS) is 10.6. The smallest absolute Gasteiger partial charge is 0.231 e. The largest absolute Gasteiger partial charge is 0.295 e. The molecule has 2 rings (SSSR count). The highest BCUT2D eigenvalue weighted by molar-refractivity contribution is 7.98. The van der Waals surface area contributed by atoms with Gasteiger partial charge in [0, 0.05) is 23.7 Å². The van der Waals surface area contributed by atoms with Crippen molar-refractivity contribution in [3.63, 3.8) is 0 Å². The quantitative estimate of drug-likeness (QED) is 0.825. The second-order valence-corrected chi connectivity index (χ2v) is 5.68. The summed E-state index contributed by atoms with van der Waals surface area (Å²) in [6, 6.07) is 7.72. The van der Waals surface area contributed by atoms with Crippen LogP contribution in [0.25, 0.3) is 0 Å². The minimum atomic E-state index is -0.0697. The zero-order valence-electron chi connectivity index (χ0n) is 12.0. The molecule has 0 fully saturated rings. The summed E-state index contributed by atoms with van der Waals surface area (Å²) >= 11 is 7.69. The van der Waals surface area contributed by atoms with E-state index < -0.39 is 0 Å².